The number of rotatable bonds is 7. The zero-order valence-corrected chi connectivity index (χ0v) is 12.7. The van der Waals surface area contributed by atoms with E-state index in [1.807, 2.05) is 6.92 Å². The van der Waals surface area contributed by atoms with Crippen LogP contribution < -0.4 is 15.8 Å². The van der Waals surface area contributed by atoms with Crippen LogP contribution in [0.2, 0.25) is 5.02 Å². The van der Waals surface area contributed by atoms with Gasteiger partial charge in [0.1, 0.15) is 18.5 Å². The number of primary amides is 1. The molecule has 1 unspecified atom stereocenters. The molecule has 6 heteroatoms. The fraction of sp³-hybridized carbons (Fsp3) is 0.500. The number of ether oxygens (including phenoxy) is 1. The van der Waals surface area contributed by atoms with E-state index in [9.17, 15) is 9.90 Å². The highest BCUT2D eigenvalue weighted by Crippen LogP contribution is 2.21. The summed E-state index contributed by atoms with van der Waals surface area (Å²) in [7, 11) is 0. The second-order valence-electron chi connectivity index (χ2n) is 5.25. The third-order valence-electron chi connectivity index (χ3n) is 2.97. The number of hydrogen-bond donors (Lipinski definition) is 3. The average molecular weight is 301 g/mol. The van der Waals surface area contributed by atoms with Gasteiger partial charge in [-0.1, -0.05) is 11.6 Å². The SMILES string of the molecule is Cc1cc(OCC(O)CNC(C)(C)C(N)=O)ccc1Cl. The number of carbonyl (C=O) groups excluding carboxylic acids is 1. The molecule has 1 atom stereocenters. The Morgan fingerprint density at radius 1 is 1.55 bits per heavy atom. The minimum Gasteiger partial charge on any atom is -0.491 e. The van der Waals surface area contributed by atoms with Crippen molar-refractivity contribution >= 4 is 17.5 Å². The van der Waals surface area contributed by atoms with E-state index < -0.39 is 17.6 Å². The summed E-state index contributed by atoms with van der Waals surface area (Å²) in [4.78, 5) is 11.1. The number of hydrogen-bond acceptors (Lipinski definition) is 4. The van der Waals surface area contributed by atoms with Gasteiger partial charge in [0.05, 0.1) is 5.54 Å². The van der Waals surface area contributed by atoms with E-state index in [1.54, 1.807) is 32.0 Å². The van der Waals surface area contributed by atoms with Gasteiger partial charge in [-0.25, -0.2) is 0 Å². The van der Waals surface area contributed by atoms with E-state index in [2.05, 4.69) is 5.32 Å². The first-order valence-corrected chi connectivity index (χ1v) is 6.72. The van der Waals surface area contributed by atoms with Crippen molar-refractivity contribution < 1.29 is 14.6 Å². The molecule has 0 bridgehead atoms. The molecule has 0 aliphatic rings. The molecule has 0 aromatic heterocycles. The maximum atomic E-state index is 11.1. The minimum absolute atomic E-state index is 0.114. The van der Waals surface area contributed by atoms with E-state index in [0.717, 1.165) is 5.56 Å². The number of carbonyl (C=O) groups is 1. The molecule has 0 heterocycles. The number of benzene rings is 1. The van der Waals surface area contributed by atoms with E-state index in [-0.39, 0.29) is 13.2 Å². The van der Waals surface area contributed by atoms with Crippen LogP contribution in [-0.2, 0) is 4.79 Å². The van der Waals surface area contributed by atoms with Crippen molar-refractivity contribution in [2.24, 2.45) is 5.73 Å². The molecule has 5 nitrogen and oxygen atoms in total. The summed E-state index contributed by atoms with van der Waals surface area (Å²) in [5.41, 5.74) is 5.27. The van der Waals surface area contributed by atoms with Crippen molar-refractivity contribution in [3.63, 3.8) is 0 Å². The number of halogens is 1. The van der Waals surface area contributed by atoms with E-state index in [4.69, 9.17) is 22.1 Å². The Kier molecular flexibility index (Phi) is 5.80. The van der Waals surface area contributed by atoms with Crippen molar-refractivity contribution in [1.82, 2.24) is 5.32 Å². The van der Waals surface area contributed by atoms with Crippen LogP contribution in [0.25, 0.3) is 0 Å². The summed E-state index contributed by atoms with van der Waals surface area (Å²) in [5.74, 6) is 0.166. The largest absolute Gasteiger partial charge is 0.491 e. The van der Waals surface area contributed by atoms with Crippen LogP contribution in [-0.4, -0.2) is 35.8 Å². The summed E-state index contributed by atoms with van der Waals surface area (Å²) < 4.78 is 5.46. The molecule has 0 saturated carbocycles. The highest BCUT2D eigenvalue weighted by molar-refractivity contribution is 6.31. The second-order valence-corrected chi connectivity index (χ2v) is 5.65. The number of aliphatic hydroxyl groups is 1. The van der Waals surface area contributed by atoms with Gasteiger partial charge in [0.25, 0.3) is 0 Å². The molecule has 0 aliphatic heterocycles. The molecule has 112 valence electrons. The van der Waals surface area contributed by atoms with Crippen LogP contribution in [0.3, 0.4) is 0 Å². The summed E-state index contributed by atoms with van der Waals surface area (Å²) >= 11 is 5.91. The van der Waals surface area contributed by atoms with Crippen molar-refractivity contribution in [1.29, 1.82) is 0 Å². The Bertz CT molecular complexity index is 477. The van der Waals surface area contributed by atoms with Gasteiger partial charge in [-0.05, 0) is 44.5 Å². The molecule has 20 heavy (non-hydrogen) atoms. The van der Waals surface area contributed by atoms with Crippen molar-refractivity contribution in [3.05, 3.63) is 28.8 Å². The first-order chi connectivity index (χ1) is 9.22. The maximum absolute atomic E-state index is 11.1. The minimum atomic E-state index is -0.863. The standard InChI is InChI=1S/C14H21ClN2O3/c1-9-6-11(4-5-12(9)15)20-8-10(18)7-17-14(2,3)13(16)19/h4-6,10,17-18H,7-8H2,1-3H3,(H2,16,19). The van der Waals surface area contributed by atoms with Gasteiger partial charge in [-0.15, -0.1) is 0 Å². The second kappa shape index (κ2) is 6.92. The van der Waals surface area contributed by atoms with Crippen LogP contribution >= 0.6 is 11.6 Å². The van der Waals surface area contributed by atoms with Crippen LogP contribution in [0.15, 0.2) is 18.2 Å². The van der Waals surface area contributed by atoms with Crippen LogP contribution in [0, 0.1) is 6.92 Å². The summed E-state index contributed by atoms with van der Waals surface area (Å²) in [6.07, 6.45) is -0.746. The number of amides is 1. The van der Waals surface area contributed by atoms with Crippen LogP contribution in [0.1, 0.15) is 19.4 Å². The third kappa shape index (κ3) is 5.00. The Hall–Kier alpha value is -1.30. The number of nitrogens with two attached hydrogens (primary N) is 1. The predicted molar refractivity (Wildman–Crippen MR) is 79.0 cm³/mol. The normalized spacial score (nSPS) is 13.1. The van der Waals surface area contributed by atoms with Crippen LogP contribution in [0.5, 0.6) is 5.75 Å². The Balaban J connectivity index is 2.41. The molecule has 0 radical (unpaired) electrons. The fourth-order valence-electron chi connectivity index (χ4n) is 1.42. The van der Waals surface area contributed by atoms with Crippen molar-refractivity contribution in [3.8, 4) is 5.75 Å². The van der Waals surface area contributed by atoms with Gasteiger partial charge in [0.15, 0.2) is 0 Å². The first-order valence-electron chi connectivity index (χ1n) is 6.34. The maximum Gasteiger partial charge on any atom is 0.237 e. The Morgan fingerprint density at radius 3 is 2.75 bits per heavy atom. The lowest BCUT2D eigenvalue weighted by Crippen LogP contribution is -2.53. The molecule has 1 amide bonds. The number of β-amino-alcohol motifs (C(OH)–C–C–N with tert-alkyl or cyclic N) is 1. The van der Waals surface area contributed by atoms with Gasteiger partial charge < -0.3 is 20.9 Å². The molecular formula is C14H21ClN2O3. The highest BCUT2D eigenvalue weighted by Gasteiger charge is 2.24. The van der Waals surface area contributed by atoms with Crippen LogP contribution in [0.4, 0.5) is 0 Å². The molecule has 0 fully saturated rings. The topological polar surface area (TPSA) is 84.6 Å². The van der Waals surface area contributed by atoms with E-state index in [0.29, 0.717) is 10.8 Å². The number of nitrogens with one attached hydrogen (secondary N) is 1. The lowest BCUT2D eigenvalue weighted by Gasteiger charge is -2.24. The van der Waals surface area contributed by atoms with E-state index >= 15 is 0 Å². The molecule has 0 saturated heterocycles. The lowest BCUT2D eigenvalue weighted by atomic mass is 10.1. The van der Waals surface area contributed by atoms with Gasteiger partial charge in [-0.3, -0.25) is 4.79 Å². The molecular weight excluding hydrogens is 280 g/mol. The fourth-order valence-corrected chi connectivity index (χ4v) is 1.54. The van der Waals surface area contributed by atoms with Gasteiger partial charge in [0, 0.05) is 11.6 Å². The Labute approximate surface area is 124 Å². The smallest absolute Gasteiger partial charge is 0.237 e. The number of aryl methyl sites for hydroxylation is 1. The van der Waals surface area contributed by atoms with E-state index in [1.165, 1.54) is 0 Å². The third-order valence-corrected chi connectivity index (χ3v) is 3.39. The van der Waals surface area contributed by atoms with Crippen molar-refractivity contribution in [2.45, 2.75) is 32.4 Å². The summed E-state index contributed by atoms with van der Waals surface area (Å²) in [6.45, 7) is 5.52. The molecule has 1 aromatic carbocycles. The predicted octanol–water partition coefficient (Wildman–Crippen LogP) is 1.24. The number of aliphatic hydroxyl groups excluding tert-OH is 1. The zero-order valence-electron chi connectivity index (χ0n) is 11.9. The quantitative estimate of drug-likeness (QED) is 0.707. The summed E-state index contributed by atoms with van der Waals surface area (Å²) in [6, 6.07) is 5.28. The first kappa shape index (κ1) is 16.8. The molecule has 1 rings (SSSR count). The van der Waals surface area contributed by atoms with Crippen molar-refractivity contribution in [2.75, 3.05) is 13.2 Å². The molecule has 0 spiro atoms. The monoisotopic (exact) mass is 300 g/mol. The van der Waals surface area contributed by atoms with Gasteiger partial charge in [0.2, 0.25) is 5.91 Å². The molecule has 1 aromatic rings. The molecule has 4 N–H and O–H groups in total. The average Bonchev–Trinajstić information content (AvgIpc) is 2.37. The van der Waals surface area contributed by atoms with Gasteiger partial charge >= 0.3 is 0 Å². The highest BCUT2D eigenvalue weighted by atomic mass is 35.5. The zero-order chi connectivity index (χ0) is 15.3. The summed E-state index contributed by atoms with van der Waals surface area (Å²) in [5, 5.41) is 13.4. The van der Waals surface area contributed by atoms with Gasteiger partial charge in [-0.2, -0.15) is 0 Å². The lowest BCUT2D eigenvalue weighted by molar-refractivity contribution is -0.123. The molecule has 0 aliphatic carbocycles. The Morgan fingerprint density at radius 2 is 2.20 bits per heavy atom.